The molecule has 0 aliphatic heterocycles. The minimum atomic E-state index is 0.0413. The predicted octanol–water partition coefficient (Wildman–Crippen LogP) is 4.97. The van der Waals surface area contributed by atoms with Crippen LogP contribution >= 0.6 is 0 Å². The summed E-state index contributed by atoms with van der Waals surface area (Å²) in [7, 11) is 0. The molecule has 0 saturated heterocycles. The zero-order valence-electron chi connectivity index (χ0n) is 12.6. The van der Waals surface area contributed by atoms with E-state index in [1.54, 1.807) is 0 Å². The van der Waals surface area contributed by atoms with Gasteiger partial charge in [-0.1, -0.05) is 58.0 Å². The van der Waals surface area contributed by atoms with Crippen LogP contribution in [0.4, 0.5) is 0 Å². The lowest BCUT2D eigenvalue weighted by Gasteiger charge is -2.40. The van der Waals surface area contributed by atoms with E-state index in [1.807, 2.05) is 12.1 Å². The Balaban J connectivity index is 2.43. The highest BCUT2D eigenvalue weighted by molar-refractivity contribution is 5.82. The quantitative estimate of drug-likeness (QED) is 0.813. The van der Waals surface area contributed by atoms with Gasteiger partial charge in [0.2, 0.25) is 0 Å². The molecular formula is C19H22O. The highest BCUT2D eigenvalue weighted by Gasteiger charge is 2.47. The van der Waals surface area contributed by atoms with Gasteiger partial charge in [-0.05, 0) is 46.2 Å². The summed E-state index contributed by atoms with van der Waals surface area (Å²) in [5.41, 5.74) is 5.29. The molecule has 104 valence electrons. The summed E-state index contributed by atoms with van der Waals surface area (Å²) in [6, 6.07) is 14.5. The van der Waals surface area contributed by atoms with Gasteiger partial charge in [-0.2, -0.15) is 0 Å². The van der Waals surface area contributed by atoms with Crippen LogP contribution in [0.1, 0.15) is 38.8 Å². The first-order chi connectivity index (χ1) is 9.49. The minimum absolute atomic E-state index is 0.0413. The normalized spacial score (nSPS) is 15.5. The molecule has 1 N–H and O–H groups in total. The number of phenols is 1. The van der Waals surface area contributed by atoms with E-state index in [9.17, 15) is 5.11 Å². The topological polar surface area (TPSA) is 20.2 Å². The molecule has 0 radical (unpaired) electrons. The first-order valence-electron chi connectivity index (χ1n) is 7.43. The van der Waals surface area contributed by atoms with Gasteiger partial charge in [0.1, 0.15) is 5.75 Å². The second-order valence-corrected chi connectivity index (χ2v) is 6.45. The van der Waals surface area contributed by atoms with Gasteiger partial charge < -0.3 is 5.11 Å². The van der Waals surface area contributed by atoms with E-state index < -0.39 is 0 Å². The van der Waals surface area contributed by atoms with Crippen molar-refractivity contribution in [3.05, 3.63) is 53.6 Å². The molecule has 0 atom stereocenters. The van der Waals surface area contributed by atoms with Crippen LogP contribution in [-0.4, -0.2) is 5.11 Å². The number of phenolic OH excluding ortho intramolecular Hbond substituents is 1. The minimum Gasteiger partial charge on any atom is -0.508 e. The van der Waals surface area contributed by atoms with E-state index in [0.717, 1.165) is 0 Å². The zero-order chi connectivity index (χ0) is 14.5. The van der Waals surface area contributed by atoms with Crippen LogP contribution in [0.25, 0.3) is 11.1 Å². The third-order valence-corrected chi connectivity index (χ3v) is 4.93. The first kappa shape index (κ1) is 13.2. The zero-order valence-corrected chi connectivity index (χ0v) is 12.6. The molecule has 0 spiro atoms. The van der Waals surface area contributed by atoms with Crippen LogP contribution in [0.2, 0.25) is 0 Å². The summed E-state index contributed by atoms with van der Waals surface area (Å²) in [5, 5.41) is 9.87. The molecule has 0 bridgehead atoms. The maximum absolute atomic E-state index is 9.87. The fraction of sp³-hybridized carbons (Fsp3) is 0.368. The third-order valence-electron chi connectivity index (χ3n) is 4.93. The third kappa shape index (κ3) is 1.49. The second kappa shape index (κ2) is 4.37. The molecule has 1 aliphatic rings. The van der Waals surface area contributed by atoms with Gasteiger partial charge in [0.15, 0.2) is 0 Å². The fourth-order valence-corrected chi connectivity index (χ4v) is 4.25. The lowest BCUT2D eigenvalue weighted by molar-refractivity contribution is 0.280. The fourth-order valence-electron chi connectivity index (χ4n) is 4.25. The van der Waals surface area contributed by atoms with Crippen molar-refractivity contribution in [2.75, 3.05) is 0 Å². The van der Waals surface area contributed by atoms with Crippen molar-refractivity contribution < 1.29 is 5.11 Å². The maximum Gasteiger partial charge on any atom is 0.116 e. The number of benzene rings is 2. The van der Waals surface area contributed by atoms with E-state index in [0.29, 0.717) is 17.6 Å². The van der Waals surface area contributed by atoms with Crippen LogP contribution in [0, 0.1) is 11.8 Å². The Morgan fingerprint density at radius 3 is 2.05 bits per heavy atom. The Kier molecular flexibility index (Phi) is 2.89. The molecule has 0 aromatic heterocycles. The maximum atomic E-state index is 9.87. The molecule has 3 rings (SSSR count). The number of rotatable bonds is 2. The summed E-state index contributed by atoms with van der Waals surface area (Å²) in [6.07, 6.45) is 0. The Bertz CT molecular complexity index is 645. The number of hydrogen-bond donors (Lipinski definition) is 1. The lowest BCUT2D eigenvalue weighted by atomic mass is 9.63. The van der Waals surface area contributed by atoms with Crippen molar-refractivity contribution in [2.45, 2.75) is 33.1 Å². The molecule has 1 heteroatoms. The smallest absolute Gasteiger partial charge is 0.116 e. The Labute approximate surface area is 121 Å². The highest BCUT2D eigenvalue weighted by Crippen LogP contribution is 2.56. The molecule has 0 unspecified atom stereocenters. The molecule has 1 nitrogen and oxygen atoms in total. The monoisotopic (exact) mass is 266 g/mol. The second-order valence-electron chi connectivity index (χ2n) is 6.45. The molecule has 20 heavy (non-hydrogen) atoms. The van der Waals surface area contributed by atoms with Crippen LogP contribution in [0.15, 0.2) is 42.5 Å². The van der Waals surface area contributed by atoms with E-state index in [-0.39, 0.29) is 5.41 Å². The molecule has 2 aromatic rings. The summed E-state index contributed by atoms with van der Waals surface area (Å²) in [4.78, 5) is 0. The summed E-state index contributed by atoms with van der Waals surface area (Å²) in [5.74, 6) is 1.37. The van der Waals surface area contributed by atoms with Crippen LogP contribution in [-0.2, 0) is 5.41 Å². The van der Waals surface area contributed by atoms with Gasteiger partial charge in [0, 0.05) is 5.41 Å². The van der Waals surface area contributed by atoms with Crippen LogP contribution in [0.5, 0.6) is 5.75 Å². The van der Waals surface area contributed by atoms with Crippen molar-refractivity contribution in [1.82, 2.24) is 0 Å². The number of aromatic hydroxyl groups is 1. The average molecular weight is 266 g/mol. The largest absolute Gasteiger partial charge is 0.508 e. The number of fused-ring (bicyclic) bond motifs is 3. The summed E-state index contributed by atoms with van der Waals surface area (Å²) >= 11 is 0. The standard InChI is InChI=1S/C19H22O/c1-12(2)19(13(3)4)17-8-6-5-7-15(17)16-11-14(20)9-10-18(16)19/h5-13,20H,1-4H3. The van der Waals surface area contributed by atoms with E-state index >= 15 is 0 Å². The summed E-state index contributed by atoms with van der Waals surface area (Å²) in [6.45, 7) is 9.22. The predicted molar refractivity (Wildman–Crippen MR) is 84.0 cm³/mol. The van der Waals surface area contributed by atoms with Gasteiger partial charge in [0.05, 0.1) is 0 Å². The van der Waals surface area contributed by atoms with Crippen molar-refractivity contribution in [1.29, 1.82) is 0 Å². The molecule has 0 heterocycles. The SMILES string of the molecule is CC(C)C1(C(C)C)c2ccccc2-c2cc(O)ccc21. The number of hydrogen-bond acceptors (Lipinski definition) is 1. The van der Waals surface area contributed by atoms with E-state index in [2.05, 4.69) is 58.0 Å². The van der Waals surface area contributed by atoms with Gasteiger partial charge in [-0.3, -0.25) is 0 Å². The van der Waals surface area contributed by atoms with Crippen molar-refractivity contribution in [2.24, 2.45) is 11.8 Å². The first-order valence-corrected chi connectivity index (χ1v) is 7.43. The summed E-state index contributed by atoms with van der Waals surface area (Å²) < 4.78 is 0. The Morgan fingerprint density at radius 1 is 0.800 bits per heavy atom. The molecule has 2 aromatic carbocycles. The van der Waals surface area contributed by atoms with E-state index in [4.69, 9.17) is 0 Å². The molecule has 0 amide bonds. The average Bonchev–Trinajstić information content (AvgIpc) is 2.69. The Hall–Kier alpha value is -1.76. The lowest BCUT2D eigenvalue weighted by Crippen LogP contribution is -2.37. The molecule has 0 fully saturated rings. The van der Waals surface area contributed by atoms with Crippen LogP contribution < -0.4 is 0 Å². The van der Waals surface area contributed by atoms with Crippen molar-refractivity contribution >= 4 is 0 Å². The van der Waals surface area contributed by atoms with Gasteiger partial charge in [-0.15, -0.1) is 0 Å². The van der Waals surface area contributed by atoms with Gasteiger partial charge in [-0.25, -0.2) is 0 Å². The Morgan fingerprint density at radius 2 is 1.40 bits per heavy atom. The van der Waals surface area contributed by atoms with E-state index in [1.165, 1.54) is 22.3 Å². The van der Waals surface area contributed by atoms with Crippen molar-refractivity contribution in [3.8, 4) is 16.9 Å². The molecular weight excluding hydrogens is 244 g/mol. The highest BCUT2D eigenvalue weighted by atomic mass is 16.3. The molecule has 0 saturated carbocycles. The van der Waals surface area contributed by atoms with Gasteiger partial charge >= 0.3 is 0 Å². The van der Waals surface area contributed by atoms with Crippen LogP contribution in [0.3, 0.4) is 0 Å². The molecule has 1 aliphatic carbocycles. The van der Waals surface area contributed by atoms with Gasteiger partial charge in [0.25, 0.3) is 0 Å². The van der Waals surface area contributed by atoms with Crippen molar-refractivity contribution in [3.63, 3.8) is 0 Å².